The minimum Gasteiger partial charge on any atom is -0.287 e. The lowest BCUT2D eigenvalue weighted by Crippen LogP contribution is -2.06. The highest BCUT2D eigenvalue weighted by Gasteiger charge is 2.12. The smallest absolute Gasteiger partial charge is 0.216 e. The number of carbonyl (C=O) groups is 1. The number of aromatic nitrogens is 4. The van der Waals surface area contributed by atoms with Gasteiger partial charge in [0, 0.05) is 23.6 Å². The first-order valence-corrected chi connectivity index (χ1v) is 6.68. The molecule has 0 aliphatic carbocycles. The van der Waals surface area contributed by atoms with Crippen LogP contribution in [-0.4, -0.2) is 25.5 Å². The average Bonchev–Trinajstić information content (AvgIpc) is 2.96. The van der Waals surface area contributed by atoms with Crippen molar-refractivity contribution in [1.29, 1.82) is 0 Å². The van der Waals surface area contributed by atoms with Crippen molar-refractivity contribution in [1.82, 2.24) is 19.7 Å². The minimum absolute atomic E-state index is 0.194. The van der Waals surface area contributed by atoms with Gasteiger partial charge in [0.2, 0.25) is 5.78 Å². The van der Waals surface area contributed by atoms with Gasteiger partial charge in [-0.15, -0.1) is 0 Å². The van der Waals surface area contributed by atoms with Crippen LogP contribution < -0.4 is 0 Å². The molecule has 0 fully saturated rings. The van der Waals surface area contributed by atoms with E-state index in [4.69, 9.17) is 11.6 Å². The van der Waals surface area contributed by atoms with Gasteiger partial charge in [0.25, 0.3) is 0 Å². The molecule has 2 aromatic heterocycles. The molecule has 0 spiro atoms. The summed E-state index contributed by atoms with van der Waals surface area (Å²) >= 11 is 5.95. The van der Waals surface area contributed by atoms with Crippen molar-refractivity contribution in [2.24, 2.45) is 0 Å². The maximum Gasteiger partial charge on any atom is 0.216 e. The van der Waals surface area contributed by atoms with Crippen LogP contribution in [0.15, 0.2) is 55.2 Å². The summed E-state index contributed by atoms with van der Waals surface area (Å²) in [5.74, 6) is -0.194. The Hall–Kier alpha value is -2.53. The van der Waals surface area contributed by atoms with Crippen LogP contribution >= 0.6 is 11.6 Å². The lowest BCUT2D eigenvalue weighted by Gasteiger charge is -2.02. The Morgan fingerprint density at radius 3 is 2.76 bits per heavy atom. The third kappa shape index (κ3) is 3.14. The van der Waals surface area contributed by atoms with E-state index in [1.807, 2.05) is 24.3 Å². The van der Waals surface area contributed by atoms with Gasteiger partial charge in [0.05, 0.1) is 12.1 Å². The number of ketones is 1. The van der Waals surface area contributed by atoms with Crippen LogP contribution in [0, 0.1) is 0 Å². The fourth-order valence-electron chi connectivity index (χ4n) is 1.96. The van der Waals surface area contributed by atoms with E-state index in [0.29, 0.717) is 22.8 Å². The second-order valence-corrected chi connectivity index (χ2v) is 4.92. The third-order valence-electron chi connectivity index (χ3n) is 2.93. The maximum absolute atomic E-state index is 12.2. The summed E-state index contributed by atoms with van der Waals surface area (Å²) in [6.45, 7) is 0.555. The number of hydrogen-bond donors (Lipinski definition) is 0. The molecule has 0 N–H and O–H groups in total. The highest BCUT2D eigenvalue weighted by molar-refractivity contribution is 6.30. The molecule has 0 aliphatic heterocycles. The molecule has 3 aromatic rings. The standard InChI is InChI=1S/C15H11ClN4O/c16-13-3-1-2-11(6-13)9-20-5-4-14(19-20)15(21)12-7-17-10-18-8-12/h1-8,10H,9H2. The fourth-order valence-corrected chi connectivity index (χ4v) is 2.17. The van der Waals surface area contributed by atoms with Crippen molar-refractivity contribution in [2.45, 2.75) is 6.54 Å². The molecule has 2 heterocycles. The summed E-state index contributed by atoms with van der Waals surface area (Å²) in [6, 6.07) is 9.21. The summed E-state index contributed by atoms with van der Waals surface area (Å²) < 4.78 is 1.70. The van der Waals surface area contributed by atoms with Crippen molar-refractivity contribution in [2.75, 3.05) is 0 Å². The topological polar surface area (TPSA) is 60.7 Å². The number of carbonyl (C=O) groups excluding carboxylic acids is 1. The maximum atomic E-state index is 12.2. The van der Waals surface area contributed by atoms with Gasteiger partial charge in [0.1, 0.15) is 12.0 Å². The highest BCUT2D eigenvalue weighted by Crippen LogP contribution is 2.12. The molecular weight excluding hydrogens is 288 g/mol. The zero-order valence-corrected chi connectivity index (χ0v) is 11.7. The molecule has 0 amide bonds. The molecule has 3 rings (SSSR count). The van der Waals surface area contributed by atoms with Gasteiger partial charge >= 0.3 is 0 Å². The number of hydrogen-bond acceptors (Lipinski definition) is 4. The Labute approximate surface area is 126 Å². The average molecular weight is 299 g/mol. The van der Waals surface area contributed by atoms with Crippen molar-refractivity contribution in [3.63, 3.8) is 0 Å². The summed E-state index contributed by atoms with van der Waals surface area (Å²) in [5, 5.41) is 4.96. The van der Waals surface area contributed by atoms with Crippen molar-refractivity contribution in [3.05, 3.63) is 77.1 Å². The van der Waals surface area contributed by atoms with Gasteiger partial charge < -0.3 is 0 Å². The molecule has 0 saturated heterocycles. The molecule has 0 unspecified atom stereocenters. The van der Waals surface area contributed by atoms with Gasteiger partial charge in [-0.25, -0.2) is 9.97 Å². The lowest BCUT2D eigenvalue weighted by atomic mass is 10.2. The Morgan fingerprint density at radius 2 is 2.00 bits per heavy atom. The number of nitrogens with zero attached hydrogens (tertiary/aromatic N) is 4. The summed E-state index contributed by atoms with van der Waals surface area (Å²) in [6.07, 6.45) is 6.10. The molecule has 0 aliphatic rings. The van der Waals surface area contributed by atoms with Crippen LogP contribution in [0.3, 0.4) is 0 Å². The van der Waals surface area contributed by atoms with E-state index in [9.17, 15) is 4.79 Å². The molecule has 104 valence electrons. The minimum atomic E-state index is -0.194. The van der Waals surface area contributed by atoms with Crippen LogP contribution in [-0.2, 0) is 6.54 Å². The Kier molecular flexibility index (Phi) is 3.75. The predicted molar refractivity (Wildman–Crippen MR) is 78.2 cm³/mol. The van der Waals surface area contributed by atoms with Crippen LogP contribution in [0.5, 0.6) is 0 Å². The molecule has 6 heteroatoms. The van der Waals surface area contributed by atoms with Gasteiger partial charge in [-0.1, -0.05) is 23.7 Å². The Balaban J connectivity index is 1.79. The quantitative estimate of drug-likeness (QED) is 0.695. The zero-order chi connectivity index (χ0) is 14.7. The van der Waals surface area contributed by atoms with Crippen molar-refractivity contribution < 1.29 is 4.79 Å². The van der Waals surface area contributed by atoms with Crippen molar-refractivity contribution in [3.8, 4) is 0 Å². The van der Waals surface area contributed by atoms with E-state index in [2.05, 4.69) is 15.1 Å². The predicted octanol–water partition coefficient (Wildman–Crippen LogP) is 2.61. The summed E-state index contributed by atoms with van der Waals surface area (Å²) in [5.41, 5.74) is 1.81. The first-order valence-electron chi connectivity index (χ1n) is 6.30. The van der Waals surface area contributed by atoms with E-state index >= 15 is 0 Å². The summed E-state index contributed by atoms with van der Waals surface area (Å²) in [4.78, 5) is 19.9. The molecule has 0 radical (unpaired) electrons. The fraction of sp³-hybridized carbons (Fsp3) is 0.0667. The normalized spacial score (nSPS) is 10.5. The van der Waals surface area contributed by atoms with Crippen LogP contribution in [0.25, 0.3) is 0 Å². The molecule has 21 heavy (non-hydrogen) atoms. The second-order valence-electron chi connectivity index (χ2n) is 4.48. The first kappa shape index (κ1) is 13.5. The molecule has 0 bridgehead atoms. The number of rotatable bonds is 4. The van der Waals surface area contributed by atoms with Gasteiger partial charge in [-0.05, 0) is 23.8 Å². The zero-order valence-electron chi connectivity index (χ0n) is 11.0. The van der Waals surface area contributed by atoms with E-state index in [-0.39, 0.29) is 5.78 Å². The van der Waals surface area contributed by atoms with Gasteiger partial charge in [-0.3, -0.25) is 9.48 Å². The SMILES string of the molecule is O=C(c1cncnc1)c1ccn(Cc2cccc(Cl)c2)n1. The molecule has 5 nitrogen and oxygen atoms in total. The molecular formula is C15H11ClN4O. The van der Waals surface area contributed by atoms with Crippen LogP contribution in [0.1, 0.15) is 21.6 Å². The number of benzene rings is 1. The third-order valence-corrected chi connectivity index (χ3v) is 3.16. The molecule has 0 saturated carbocycles. The van der Waals surface area contributed by atoms with Crippen LogP contribution in [0.2, 0.25) is 5.02 Å². The Morgan fingerprint density at radius 1 is 1.19 bits per heavy atom. The highest BCUT2D eigenvalue weighted by atomic mass is 35.5. The monoisotopic (exact) mass is 298 g/mol. The van der Waals surface area contributed by atoms with Crippen LogP contribution in [0.4, 0.5) is 0 Å². The second kappa shape index (κ2) is 5.85. The van der Waals surface area contributed by atoms with Gasteiger partial charge in [-0.2, -0.15) is 5.10 Å². The number of halogens is 1. The molecule has 0 atom stereocenters. The van der Waals surface area contributed by atoms with E-state index in [0.717, 1.165) is 5.56 Å². The molecule has 1 aromatic carbocycles. The first-order chi connectivity index (χ1) is 10.2. The van der Waals surface area contributed by atoms with Gasteiger partial charge in [0.15, 0.2) is 0 Å². The van der Waals surface area contributed by atoms with E-state index in [1.54, 1.807) is 16.9 Å². The summed E-state index contributed by atoms with van der Waals surface area (Å²) in [7, 11) is 0. The van der Waals surface area contributed by atoms with E-state index < -0.39 is 0 Å². The lowest BCUT2D eigenvalue weighted by molar-refractivity contribution is 0.103. The Bertz CT molecular complexity index is 770. The van der Waals surface area contributed by atoms with E-state index in [1.165, 1.54) is 18.7 Å². The van der Waals surface area contributed by atoms with Crippen molar-refractivity contribution >= 4 is 17.4 Å². The largest absolute Gasteiger partial charge is 0.287 e.